The molecule has 1 aliphatic heterocycles. The van der Waals surface area contributed by atoms with Crippen molar-refractivity contribution in [3.63, 3.8) is 0 Å². The van der Waals surface area contributed by atoms with Gasteiger partial charge in [-0.3, -0.25) is 9.69 Å². The molecule has 4 heteroatoms. The van der Waals surface area contributed by atoms with Gasteiger partial charge in [0.05, 0.1) is 18.2 Å². The van der Waals surface area contributed by atoms with Gasteiger partial charge in [-0.1, -0.05) is 6.92 Å². The van der Waals surface area contributed by atoms with E-state index in [9.17, 15) is 9.18 Å². The third kappa shape index (κ3) is 2.57. The lowest BCUT2D eigenvalue weighted by atomic mass is 9.86. The predicted molar refractivity (Wildman–Crippen MR) is 76.8 cm³/mol. The highest BCUT2D eigenvalue weighted by Gasteiger charge is 2.40. The molecule has 0 saturated carbocycles. The van der Waals surface area contributed by atoms with Crippen LogP contribution in [0.5, 0.6) is 5.75 Å². The maximum Gasteiger partial charge on any atom is 0.186 e. The van der Waals surface area contributed by atoms with Crippen LogP contribution in [-0.2, 0) is 0 Å². The third-order valence-electron chi connectivity index (χ3n) is 4.39. The molecule has 1 heterocycles. The Morgan fingerprint density at radius 2 is 2.05 bits per heavy atom. The lowest BCUT2D eigenvalue weighted by Crippen LogP contribution is -2.50. The van der Waals surface area contributed by atoms with Gasteiger partial charge < -0.3 is 4.74 Å². The van der Waals surface area contributed by atoms with E-state index in [0.29, 0.717) is 17.7 Å². The Morgan fingerprint density at radius 3 is 2.60 bits per heavy atom. The van der Waals surface area contributed by atoms with E-state index in [2.05, 4.69) is 4.90 Å². The van der Waals surface area contributed by atoms with Crippen LogP contribution in [-0.4, -0.2) is 36.4 Å². The predicted octanol–water partition coefficient (Wildman–Crippen LogP) is 3.28. The summed E-state index contributed by atoms with van der Waals surface area (Å²) >= 11 is 0. The number of hydrogen-bond acceptors (Lipinski definition) is 3. The number of nitrogens with zero attached hydrogens (tertiary/aromatic N) is 1. The van der Waals surface area contributed by atoms with Crippen molar-refractivity contribution >= 4 is 5.78 Å². The van der Waals surface area contributed by atoms with Crippen LogP contribution in [0.2, 0.25) is 0 Å². The third-order valence-corrected chi connectivity index (χ3v) is 4.39. The quantitative estimate of drug-likeness (QED) is 0.775. The SMILES string of the molecule is CCC(C)(C(=O)c1cc(F)ccc1OC)N1CCCC1. The minimum atomic E-state index is -0.586. The van der Waals surface area contributed by atoms with E-state index >= 15 is 0 Å². The Labute approximate surface area is 119 Å². The van der Waals surface area contributed by atoms with Crippen molar-refractivity contribution in [1.82, 2.24) is 4.90 Å². The molecule has 1 aliphatic rings. The second-order valence-corrected chi connectivity index (χ2v) is 5.50. The summed E-state index contributed by atoms with van der Waals surface area (Å²) in [6.07, 6.45) is 2.93. The summed E-state index contributed by atoms with van der Waals surface area (Å²) in [6, 6.07) is 4.11. The molecular weight excluding hydrogens is 257 g/mol. The highest BCUT2D eigenvalue weighted by molar-refractivity contribution is 6.05. The first-order valence-electron chi connectivity index (χ1n) is 7.16. The van der Waals surface area contributed by atoms with E-state index < -0.39 is 11.4 Å². The average molecular weight is 279 g/mol. The summed E-state index contributed by atoms with van der Waals surface area (Å²) < 4.78 is 18.7. The fourth-order valence-electron chi connectivity index (χ4n) is 2.89. The fraction of sp³-hybridized carbons (Fsp3) is 0.562. The molecule has 0 bridgehead atoms. The van der Waals surface area contributed by atoms with Crippen molar-refractivity contribution < 1.29 is 13.9 Å². The Bertz CT molecular complexity index is 497. The molecule has 1 atom stereocenters. The van der Waals surface area contributed by atoms with Crippen molar-refractivity contribution in [3.05, 3.63) is 29.6 Å². The molecule has 1 unspecified atom stereocenters. The summed E-state index contributed by atoms with van der Waals surface area (Å²) in [5.74, 6) is -0.0254. The number of likely N-dealkylation sites (tertiary alicyclic amines) is 1. The zero-order chi connectivity index (χ0) is 14.8. The van der Waals surface area contributed by atoms with Gasteiger partial charge in [0.2, 0.25) is 0 Å². The lowest BCUT2D eigenvalue weighted by Gasteiger charge is -2.37. The molecule has 110 valence electrons. The van der Waals surface area contributed by atoms with Gasteiger partial charge in [-0.15, -0.1) is 0 Å². The molecule has 1 aromatic rings. The number of ketones is 1. The van der Waals surface area contributed by atoms with Crippen molar-refractivity contribution in [2.24, 2.45) is 0 Å². The second-order valence-electron chi connectivity index (χ2n) is 5.50. The number of carbonyl (C=O) groups is 1. The maximum atomic E-state index is 13.5. The van der Waals surface area contributed by atoms with Gasteiger partial charge in [0, 0.05) is 0 Å². The molecule has 1 aromatic carbocycles. The first-order valence-corrected chi connectivity index (χ1v) is 7.16. The average Bonchev–Trinajstić information content (AvgIpc) is 3.00. The van der Waals surface area contributed by atoms with E-state index in [0.717, 1.165) is 25.9 Å². The first kappa shape index (κ1) is 15.0. The Hall–Kier alpha value is -1.42. The fourth-order valence-corrected chi connectivity index (χ4v) is 2.89. The molecule has 20 heavy (non-hydrogen) atoms. The number of methoxy groups -OCH3 is 1. The molecule has 0 spiro atoms. The standard InChI is InChI=1S/C16H22FNO2/c1-4-16(2,18-9-5-6-10-18)15(19)13-11-12(17)7-8-14(13)20-3/h7-8,11H,4-6,9-10H2,1-3H3. The first-order chi connectivity index (χ1) is 9.52. The van der Waals surface area contributed by atoms with Crippen LogP contribution in [0.3, 0.4) is 0 Å². The summed E-state index contributed by atoms with van der Waals surface area (Å²) in [4.78, 5) is 15.1. The van der Waals surface area contributed by atoms with Crippen molar-refractivity contribution in [2.75, 3.05) is 20.2 Å². The second kappa shape index (κ2) is 5.92. The van der Waals surface area contributed by atoms with Gasteiger partial charge in [-0.25, -0.2) is 4.39 Å². The maximum absolute atomic E-state index is 13.5. The summed E-state index contributed by atoms with van der Waals surface area (Å²) in [5.41, 5.74) is -0.249. The Kier molecular flexibility index (Phi) is 4.43. The number of ether oxygens (including phenoxy) is 1. The Morgan fingerprint density at radius 1 is 1.40 bits per heavy atom. The van der Waals surface area contributed by atoms with Crippen LogP contribution in [0, 0.1) is 5.82 Å². The van der Waals surface area contributed by atoms with Gasteiger partial charge in [-0.2, -0.15) is 0 Å². The minimum Gasteiger partial charge on any atom is -0.496 e. The van der Waals surface area contributed by atoms with E-state index in [1.165, 1.54) is 25.3 Å². The Balaban J connectivity index is 2.39. The molecule has 2 rings (SSSR count). The number of halogens is 1. The van der Waals surface area contributed by atoms with Crippen LogP contribution in [0.15, 0.2) is 18.2 Å². The van der Waals surface area contributed by atoms with Crippen LogP contribution in [0.1, 0.15) is 43.5 Å². The number of rotatable bonds is 5. The summed E-state index contributed by atoms with van der Waals surface area (Å²) in [6.45, 7) is 5.80. The highest BCUT2D eigenvalue weighted by Crippen LogP contribution is 2.32. The molecule has 1 saturated heterocycles. The van der Waals surface area contributed by atoms with Gasteiger partial charge in [0.25, 0.3) is 0 Å². The molecule has 0 radical (unpaired) electrons. The van der Waals surface area contributed by atoms with Crippen LogP contribution in [0.4, 0.5) is 4.39 Å². The van der Waals surface area contributed by atoms with Crippen LogP contribution in [0.25, 0.3) is 0 Å². The molecule has 0 aliphatic carbocycles. The monoisotopic (exact) mass is 279 g/mol. The minimum absolute atomic E-state index is 0.0572. The van der Waals surface area contributed by atoms with E-state index in [-0.39, 0.29) is 5.78 Å². The van der Waals surface area contributed by atoms with Gasteiger partial charge in [-0.05, 0) is 57.5 Å². The number of benzene rings is 1. The van der Waals surface area contributed by atoms with Crippen molar-refractivity contribution in [2.45, 2.75) is 38.6 Å². The van der Waals surface area contributed by atoms with Crippen molar-refractivity contribution in [1.29, 1.82) is 0 Å². The van der Waals surface area contributed by atoms with Crippen LogP contribution >= 0.6 is 0 Å². The smallest absolute Gasteiger partial charge is 0.186 e. The molecule has 0 N–H and O–H groups in total. The normalized spacial score (nSPS) is 18.8. The number of Topliss-reactive ketones (excluding diaryl/α,β-unsaturated/α-hetero) is 1. The largest absolute Gasteiger partial charge is 0.496 e. The van der Waals surface area contributed by atoms with Gasteiger partial charge in [0.15, 0.2) is 5.78 Å². The van der Waals surface area contributed by atoms with Gasteiger partial charge in [0.1, 0.15) is 11.6 Å². The zero-order valence-corrected chi connectivity index (χ0v) is 12.4. The van der Waals surface area contributed by atoms with Crippen molar-refractivity contribution in [3.8, 4) is 5.75 Å². The lowest BCUT2D eigenvalue weighted by molar-refractivity contribution is 0.0644. The number of carbonyl (C=O) groups excluding carboxylic acids is 1. The molecule has 0 aromatic heterocycles. The highest BCUT2D eigenvalue weighted by atomic mass is 19.1. The molecule has 3 nitrogen and oxygen atoms in total. The molecule has 0 amide bonds. The van der Waals surface area contributed by atoms with Gasteiger partial charge >= 0.3 is 0 Å². The topological polar surface area (TPSA) is 29.5 Å². The molecule has 1 fully saturated rings. The molecular formula is C16H22FNO2. The summed E-state index contributed by atoms with van der Waals surface area (Å²) in [7, 11) is 1.50. The van der Waals surface area contributed by atoms with E-state index in [1.807, 2.05) is 13.8 Å². The van der Waals surface area contributed by atoms with E-state index in [4.69, 9.17) is 4.74 Å². The zero-order valence-electron chi connectivity index (χ0n) is 12.4. The van der Waals surface area contributed by atoms with E-state index in [1.54, 1.807) is 0 Å². The van der Waals surface area contributed by atoms with Crippen LogP contribution < -0.4 is 4.74 Å². The summed E-state index contributed by atoms with van der Waals surface area (Å²) in [5, 5.41) is 0. The number of hydrogen-bond donors (Lipinski definition) is 0.